The maximum Gasteiger partial charge on any atom is 0.372 e. The summed E-state index contributed by atoms with van der Waals surface area (Å²) in [4.78, 5) is 23.0. The predicted octanol–water partition coefficient (Wildman–Crippen LogP) is 3.06. The van der Waals surface area contributed by atoms with E-state index in [2.05, 4.69) is 0 Å². The molecule has 1 aliphatic carbocycles. The molecule has 20 heavy (non-hydrogen) atoms. The first-order chi connectivity index (χ1) is 9.47. The van der Waals surface area contributed by atoms with E-state index in [4.69, 9.17) is 21.4 Å². The van der Waals surface area contributed by atoms with E-state index in [0.717, 1.165) is 18.4 Å². The number of Topliss-reactive ketones (excluding diaryl/α,β-unsaturated/α-hetero) is 1. The number of halogens is 1. The number of aliphatic carboxylic acids is 1. The maximum absolute atomic E-state index is 11.9. The van der Waals surface area contributed by atoms with Crippen LogP contribution in [0.15, 0.2) is 18.2 Å². The Kier molecular flexibility index (Phi) is 4.04. The summed E-state index contributed by atoms with van der Waals surface area (Å²) >= 11 is 6.13. The topological polar surface area (TPSA) is 63.6 Å². The van der Waals surface area contributed by atoms with Gasteiger partial charge in [0.15, 0.2) is 0 Å². The first kappa shape index (κ1) is 14.9. The van der Waals surface area contributed by atoms with Gasteiger partial charge in [0.05, 0.1) is 12.1 Å². The van der Waals surface area contributed by atoms with Crippen LogP contribution >= 0.6 is 11.6 Å². The number of para-hydroxylation sites is 1. The molecular formula is C15H17ClO4. The van der Waals surface area contributed by atoms with E-state index in [0.29, 0.717) is 17.2 Å². The fourth-order valence-electron chi connectivity index (χ4n) is 3.02. The van der Waals surface area contributed by atoms with Crippen molar-refractivity contribution in [2.75, 3.05) is 7.11 Å². The van der Waals surface area contributed by atoms with Crippen LogP contribution in [0.1, 0.15) is 31.7 Å². The number of carbonyl (C=O) groups excluding carboxylic acids is 1. The van der Waals surface area contributed by atoms with Gasteiger partial charge in [-0.3, -0.25) is 4.79 Å². The predicted molar refractivity (Wildman–Crippen MR) is 75.3 cm³/mol. The molecule has 1 N–H and O–H groups in total. The van der Waals surface area contributed by atoms with E-state index < -0.39 is 23.1 Å². The molecule has 1 aromatic rings. The van der Waals surface area contributed by atoms with Crippen LogP contribution in [0.4, 0.5) is 0 Å². The van der Waals surface area contributed by atoms with Crippen LogP contribution < -0.4 is 4.74 Å². The lowest BCUT2D eigenvalue weighted by Gasteiger charge is -2.26. The third kappa shape index (κ3) is 2.29. The molecule has 5 heteroatoms. The summed E-state index contributed by atoms with van der Waals surface area (Å²) in [6.45, 7) is 1.84. The zero-order valence-electron chi connectivity index (χ0n) is 11.5. The lowest BCUT2D eigenvalue weighted by molar-refractivity contribution is -0.151. The van der Waals surface area contributed by atoms with Crippen molar-refractivity contribution in [1.82, 2.24) is 0 Å². The number of rotatable bonds is 6. The van der Waals surface area contributed by atoms with Crippen molar-refractivity contribution >= 4 is 23.4 Å². The number of hydrogen-bond donors (Lipinski definition) is 1. The van der Waals surface area contributed by atoms with Crippen molar-refractivity contribution in [2.45, 2.75) is 31.6 Å². The van der Waals surface area contributed by atoms with Gasteiger partial charge in [-0.25, -0.2) is 4.79 Å². The van der Waals surface area contributed by atoms with E-state index in [1.165, 1.54) is 7.11 Å². The number of methoxy groups -OCH3 is 1. The Balaban J connectivity index is 2.48. The molecule has 0 aliphatic heterocycles. The summed E-state index contributed by atoms with van der Waals surface area (Å²) in [6.07, 6.45) is 2.04. The minimum atomic E-state index is -1.37. The van der Waals surface area contributed by atoms with Crippen LogP contribution in [0.5, 0.6) is 5.75 Å². The third-order valence-electron chi connectivity index (χ3n) is 4.10. The highest BCUT2D eigenvalue weighted by Crippen LogP contribution is 2.58. The fourth-order valence-corrected chi connectivity index (χ4v) is 3.28. The van der Waals surface area contributed by atoms with Gasteiger partial charge in [-0.2, -0.15) is 0 Å². The zero-order chi connectivity index (χ0) is 14.9. The van der Waals surface area contributed by atoms with Gasteiger partial charge in [0.2, 0.25) is 5.78 Å². The van der Waals surface area contributed by atoms with Gasteiger partial charge in [-0.15, -0.1) is 0 Å². The van der Waals surface area contributed by atoms with Crippen LogP contribution in [-0.2, 0) is 15.0 Å². The largest absolute Gasteiger partial charge is 0.495 e. The summed E-state index contributed by atoms with van der Waals surface area (Å²) in [5.41, 5.74) is 0.398. The molecule has 1 aromatic carbocycles. The molecule has 0 bridgehead atoms. The van der Waals surface area contributed by atoms with Crippen molar-refractivity contribution in [1.29, 1.82) is 0 Å². The summed E-state index contributed by atoms with van der Waals surface area (Å²) in [7, 11) is 1.53. The van der Waals surface area contributed by atoms with Gasteiger partial charge in [0.25, 0.3) is 0 Å². The number of ketones is 1. The Hall–Kier alpha value is -1.55. The number of carboxylic acid groups (broad SMARTS) is 1. The molecule has 0 aromatic heterocycles. The Morgan fingerprint density at radius 3 is 2.55 bits per heavy atom. The molecule has 108 valence electrons. The highest BCUT2D eigenvalue weighted by molar-refractivity contribution is 6.34. The summed E-state index contributed by atoms with van der Waals surface area (Å²) in [6, 6.07) is 5.40. The van der Waals surface area contributed by atoms with Crippen LogP contribution in [0.2, 0.25) is 5.02 Å². The van der Waals surface area contributed by atoms with Gasteiger partial charge in [0.1, 0.15) is 5.75 Å². The third-order valence-corrected chi connectivity index (χ3v) is 4.40. The molecule has 1 atom stereocenters. The molecule has 0 amide bonds. The molecule has 0 spiro atoms. The number of carbonyl (C=O) groups is 2. The second-order valence-electron chi connectivity index (χ2n) is 5.11. The minimum Gasteiger partial charge on any atom is -0.495 e. The second-order valence-corrected chi connectivity index (χ2v) is 5.51. The Morgan fingerprint density at radius 2 is 2.10 bits per heavy atom. The van der Waals surface area contributed by atoms with Crippen LogP contribution in [0.3, 0.4) is 0 Å². The number of carboxylic acids is 1. The van der Waals surface area contributed by atoms with Crippen molar-refractivity contribution in [3.8, 4) is 5.75 Å². The Morgan fingerprint density at radius 1 is 1.45 bits per heavy atom. The number of benzene rings is 1. The molecule has 0 saturated heterocycles. The van der Waals surface area contributed by atoms with Crippen LogP contribution in [0.25, 0.3) is 0 Å². The first-order valence-electron chi connectivity index (χ1n) is 6.58. The van der Waals surface area contributed by atoms with Crippen molar-refractivity contribution in [2.24, 2.45) is 5.92 Å². The molecule has 0 radical (unpaired) electrons. The van der Waals surface area contributed by atoms with Gasteiger partial charge in [0, 0.05) is 16.9 Å². The molecule has 1 fully saturated rings. The lowest BCUT2D eigenvalue weighted by atomic mass is 9.78. The molecule has 1 aliphatic rings. The second kappa shape index (κ2) is 5.44. The highest BCUT2D eigenvalue weighted by atomic mass is 35.5. The lowest BCUT2D eigenvalue weighted by Crippen LogP contribution is -2.33. The molecule has 0 heterocycles. The summed E-state index contributed by atoms with van der Waals surface area (Å²) in [5, 5.41) is 9.48. The minimum absolute atomic E-state index is 0.444. The maximum atomic E-state index is 11.9. The van der Waals surface area contributed by atoms with Crippen LogP contribution in [-0.4, -0.2) is 24.0 Å². The SMILES string of the molecule is CCC(C(=O)C(=O)O)C1(c2cccc(Cl)c2OC)CC1. The van der Waals surface area contributed by atoms with E-state index in [1.807, 2.05) is 13.0 Å². The van der Waals surface area contributed by atoms with Crippen molar-refractivity contribution in [3.05, 3.63) is 28.8 Å². The van der Waals surface area contributed by atoms with Gasteiger partial charge >= 0.3 is 5.97 Å². The molecular weight excluding hydrogens is 280 g/mol. The number of ether oxygens (including phenoxy) is 1. The van der Waals surface area contributed by atoms with E-state index in [1.54, 1.807) is 12.1 Å². The summed E-state index contributed by atoms with van der Waals surface area (Å²) in [5.74, 6) is -2.09. The molecule has 2 rings (SSSR count). The fraction of sp³-hybridized carbons (Fsp3) is 0.467. The van der Waals surface area contributed by atoms with Crippen LogP contribution in [0, 0.1) is 5.92 Å². The Bertz CT molecular complexity index is 549. The van der Waals surface area contributed by atoms with E-state index >= 15 is 0 Å². The Labute approximate surface area is 122 Å². The van der Waals surface area contributed by atoms with Gasteiger partial charge < -0.3 is 9.84 Å². The molecule has 1 saturated carbocycles. The average molecular weight is 297 g/mol. The van der Waals surface area contributed by atoms with Gasteiger partial charge in [-0.05, 0) is 25.3 Å². The molecule has 4 nitrogen and oxygen atoms in total. The van der Waals surface area contributed by atoms with E-state index in [9.17, 15) is 9.59 Å². The average Bonchev–Trinajstić information content (AvgIpc) is 3.20. The standard InChI is InChI=1S/C15H17ClO4/c1-3-9(12(17)14(18)19)15(7-8-15)10-5-4-6-11(16)13(10)20-2/h4-6,9H,3,7-8H2,1-2H3,(H,18,19). The van der Waals surface area contributed by atoms with E-state index in [-0.39, 0.29) is 0 Å². The van der Waals surface area contributed by atoms with Crippen molar-refractivity contribution in [3.63, 3.8) is 0 Å². The summed E-state index contributed by atoms with van der Waals surface area (Å²) < 4.78 is 5.35. The monoisotopic (exact) mass is 296 g/mol. The van der Waals surface area contributed by atoms with Crippen molar-refractivity contribution < 1.29 is 19.4 Å². The van der Waals surface area contributed by atoms with Gasteiger partial charge in [-0.1, -0.05) is 30.7 Å². The normalized spacial score (nSPS) is 17.4. The zero-order valence-corrected chi connectivity index (χ0v) is 12.2. The molecule has 1 unspecified atom stereocenters. The number of hydrogen-bond acceptors (Lipinski definition) is 3. The highest BCUT2D eigenvalue weighted by Gasteiger charge is 2.55. The first-order valence-corrected chi connectivity index (χ1v) is 6.96. The smallest absolute Gasteiger partial charge is 0.372 e. The quantitative estimate of drug-likeness (QED) is 0.820.